The van der Waals surface area contributed by atoms with Crippen LogP contribution in [0.3, 0.4) is 0 Å². The van der Waals surface area contributed by atoms with Crippen molar-refractivity contribution in [2.45, 2.75) is 50.3 Å². The summed E-state index contributed by atoms with van der Waals surface area (Å²) in [6.45, 7) is 1.93. The average Bonchev–Trinajstić information content (AvgIpc) is 2.83. The van der Waals surface area contributed by atoms with Crippen molar-refractivity contribution in [3.63, 3.8) is 0 Å². The molecular weight excluding hydrogens is 283 g/mol. The molecule has 0 bridgehead atoms. The quantitative estimate of drug-likeness (QED) is 0.882. The van der Waals surface area contributed by atoms with Gasteiger partial charge in [-0.15, -0.1) is 5.10 Å². The maximum Gasteiger partial charge on any atom is 0.123 e. The molecule has 0 spiro atoms. The Morgan fingerprint density at radius 2 is 2.05 bits per heavy atom. The highest BCUT2D eigenvalue weighted by Crippen LogP contribution is 2.32. The van der Waals surface area contributed by atoms with Crippen molar-refractivity contribution in [3.8, 4) is 0 Å². The molecule has 1 unspecified atom stereocenters. The van der Waals surface area contributed by atoms with E-state index in [9.17, 15) is 9.50 Å². The molecule has 3 N–H and O–H groups in total. The lowest BCUT2D eigenvalue weighted by Gasteiger charge is -2.37. The van der Waals surface area contributed by atoms with Crippen LogP contribution in [0.2, 0.25) is 0 Å². The molecular formula is C16H21FN4O. The Morgan fingerprint density at radius 1 is 1.36 bits per heavy atom. The van der Waals surface area contributed by atoms with E-state index in [0.29, 0.717) is 12.0 Å². The number of aromatic nitrogens is 3. The van der Waals surface area contributed by atoms with Gasteiger partial charge in [0.25, 0.3) is 0 Å². The standard InChI is InChI=1S/C16H21FN4O/c1-15(22,12-3-5-13(17)6-4-12)11-21-10-14(19-20-21)9-16(18)7-2-8-16/h3-6,10,22H,2,7-9,11,18H2,1H3. The third-order valence-electron chi connectivity index (χ3n) is 4.40. The lowest BCUT2D eigenvalue weighted by atomic mass is 9.75. The Hall–Kier alpha value is -1.79. The normalized spacial score (nSPS) is 19.5. The molecule has 0 aliphatic heterocycles. The van der Waals surface area contributed by atoms with Gasteiger partial charge in [0, 0.05) is 18.2 Å². The van der Waals surface area contributed by atoms with E-state index in [0.717, 1.165) is 18.5 Å². The molecule has 1 aliphatic rings. The van der Waals surface area contributed by atoms with Crippen molar-refractivity contribution in [1.82, 2.24) is 15.0 Å². The van der Waals surface area contributed by atoms with E-state index < -0.39 is 5.60 Å². The predicted octanol–water partition coefficient (Wildman–Crippen LogP) is 1.75. The predicted molar refractivity (Wildman–Crippen MR) is 80.5 cm³/mol. The lowest BCUT2D eigenvalue weighted by molar-refractivity contribution is 0.0340. The van der Waals surface area contributed by atoms with Gasteiger partial charge >= 0.3 is 0 Å². The van der Waals surface area contributed by atoms with Gasteiger partial charge in [0.15, 0.2) is 0 Å². The summed E-state index contributed by atoms with van der Waals surface area (Å²) in [6.07, 6.45) is 5.75. The summed E-state index contributed by atoms with van der Waals surface area (Å²) in [5, 5.41) is 18.8. The van der Waals surface area contributed by atoms with Gasteiger partial charge in [-0.2, -0.15) is 0 Å². The SMILES string of the molecule is CC(O)(Cn1cc(CC2(N)CCC2)nn1)c1ccc(F)cc1. The van der Waals surface area contributed by atoms with Crippen LogP contribution in [0.4, 0.5) is 4.39 Å². The second-order valence-electron chi connectivity index (χ2n) is 6.58. The zero-order valence-electron chi connectivity index (χ0n) is 12.7. The Morgan fingerprint density at radius 3 is 2.64 bits per heavy atom. The smallest absolute Gasteiger partial charge is 0.123 e. The van der Waals surface area contributed by atoms with E-state index in [4.69, 9.17) is 5.73 Å². The third kappa shape index (κ3) is 3.18. The molecule has 0 saturated heterocycles. The number of rotatable bonds is 5. The van der Waals surface area contributed by atoms with Crippen LogP contribution < -0.4 is 5.73 Å². The maximum atomic E-state index is 13.0. The second-order valence-corrected chi connectivity index (χ2v) is 6.58. The summed E-state index contributed by atoms with van der Waals surface area (Å²) in [5.74, 6) is -0.323. The number of halogens is 1. The second kappa shape index (κ2) is 5.44. The molecule has 22 heavy (non-hydrogen) atoms. The summed E-state index contributed by atoms with van der Waals surface area (Å²) in [6, 6.07) is 5.84. The largest absolute Gasteiger partial charge is 0.384 e. The van der Waals surface area contributed by atoms with Crippen LogP contribution in [-0.4, -0.2) is 25.6 Å². The van der Waals surface area contributed by atoms with Gasteiger partial charge in [-0.05, 0) is 43.9 Å². The highest BCUT2D eigenvalue weighted by Gasteiger charge is 2.33. The molecule has 0 amide bonds. The molecule has 0 radical (unpaired) electrons. The fourth-order valence-electron chi connectivity index (χ4n) is 2.88. The zero-order valence-corrected chi connectivity index (χ0v) is 12.7. The van der Waals surface area contributed by atoms with E-state index in [1.54, 1.807) is 23.7 Å². The Balaban J connectivity index is 1.69. The van der Waals surface area contributed by atoms with Crippen molar-refractivity contribution in [1.29, 1.82) is 0 Å². The maximum absolute atomic E-state index is 13.0. The first-order valence-corrected chi connectivity index (χ1v) is 7.53. The average molecular weight is 304 g/mol. The molecule has 6 heteroatoms. The van der Waals surface area contributed by atoms with Crippen LogP contribution in [0.5, 0.6) is 0 Å². The topological polar surface area (TPSA) is 77.0 Å². The fourth-order valence-corrected chi connectivity index (χ4v) is 2.88. The third-order valence-corrected chi connectivity index (χ3v) is 4.40. The first-order chi connectivity index (χ1) is 10.4. The summed E-state index contributed by atoms with van der Waals surface area (Å²) in [4.78, 5) is 0. The van der Waals surface area contributed by atoms with Crippen molar-refractivity contribution in [3.05, 3.63) is 47.5 Å². The minimum absolute atomic E-state index is 0.139. The van der Waals surface area contributed by atoms with Crippen LogP contribution in [0.15, 0.2) is 30.5 Å². The van der Waals surface area contributed by atoms with E-state index >= 15 is 0 Å². The summed E-state index contributed by atoms with van der Waals surface area (Å²) >= 11 is 0. The van der Waals surface area contributed by atoms with Gasteiger partial charge < -0.3 is 10.8 Å². The van der Waals surface area contributed by atoms with Gasteiger partial charge in [-0.3, -0.25) is 0 Å². The number of nitrogens with two attached hydrogens (primary N) is 1. The Kier molecular flexibility index (Phi) is 3.74. The minimum Gasteiger partial charge on any atom is -0.384 e. The molecule has 118 valence electrons. The first-order valence-electron chi connectivity index (χ1n) is 7.53. The molecule has 1 fully saturated rings. The molecule has 1 aromatic heterocycles. The molecule has 3 rings (SSSR count). The Bertz CT molecular complexity index is 646. The van der Waals surface area contributed by atoms with E-state index in [1.807, 2.05) is 6.20 Å². The number of hydrogen-bond donors (Lipinski definition) is 2. The number of benzene rings is 1. The lowest BCUT2D eigenvalue weighted by Crippen LogP contribution is -2.48. The molecule has 1 saturated carbocycles. The number of hydrogen-bond acceptors (Lipinski definition) is 4. The van der Waals surface area contributed by atoms with Gasteiger partial charge in [0.1, 0.15) is 11.4 Å². The zero-order chi connectivity index (χ0) is 15.8. The molecule has 1 aliphatic carbocycles. The number of nitrogens with zero attached hydrogens (tertiary/aromatic N) is 3. The van der Waals surface area contributed by atoms with Crippen LogP contribution >= 0.6 is 0 Å². The van der Waals surface area contributed by atoms with Gasteiger partial charge in [-0.25, -0.2) is 9.07 Å². The van der Waals surface area contributed by atoms with Gasteiger partial charge in [0.05, 0.1) is 12.2 Å². The summed E-state index contributed by atoms with van der Waals surface area (Å²) in [7, 11) is 0. The van der Waals surface area contributed by atoms with Crippen LogP contribution in [0.1, 0.15) is 37.4 Å². The van der Waals surface area contributed by atoms with Crippen molar-refractivity contribution < 1.29 is 9.50 Å². The van der Waals surface area contributed by atoms with Crippen molar-refractivity contribution >= 4 is 0 Å². The first kappa shape index (κ1) is 15.1. The Labute approximate surface area is 128 Å². The molecule has 1 aromatic carbocycles. The minimum atomic E-state index is -1.14. The fraction of sp³-hybridized carbons (Fsp3) is 0.500. The van der Waals surface area contributed by atoms with Crippen LogP contribution in [0, 0.1) is 5.82 Å². The van der Waals surface area contributed by atoms with E-state index in [2.05, 4.69) is 10.3 Å². The van der Waals surface area contributed by atoms with Crippen molar-refractivity contribution in [2.75, 3.05) is 0 Å². The molecule has 1 atom stereocenters. The summed E-state index contributed by atoms with van der Waals surface area (Å²) in [5.41, 5.74) is 6.42. The highest BCUT2D eigenvalue weighted by atomic mass is 19.1. The van der Waals surface area contributed by atoms with E-state index in [1.165, 1.54) is 18.6 Å². The molecule has 5 nitrogen and oxygen atoms in total. The van der Waals surface area contributed by atoms with Crippen LogP contribution in [0.25, 0.3) is 0 Å². The number of aliphatic hydroxyl groups is 1. The van der Waals surface area contributed by atoms with Crippen molar-refractivity contribution in [2.24, 2.45) is 5.73 Å². The van der Waals surface area contributed by atoms with Crippen LogP contribution in [-0.2, 0) is 18.6 Å². The van der Waals surface area contributed by atoms with Gasteiger partial charge in [-0.1, -0.05) is 17.3 Å². The van der Waals surface area contributed by atoms with E-state index in [-0.39, 0.29) is 17.9 Å². The van der Waals surface area contributed by atoms with Gasteiger partial charge in [0.2, 0.25) is 0 Å². The monoisotopic (exact) mass is 304 g/mol. The highest BCUT2D eigenvalue weighted by molar-refractivity contribution is 5.22. The molecule has 2 aromatic rings. The molecule has 1 heterocycles. The summed E-state index contributed by atoms with van der Waals surface area (Å²) < 4.78 is 14.6.